The minimum atomic E-state index is -1.85. The van der Waals surface area contributed by atoms with Crippen molar-refractivity contribution in [2.24, 2.45) is 52.3 Å². The molecule has 0 unspecified atom stereocenters. The van der Waals surface area contributed by atoms with Gasteiger partial charge in [0.2, 0.25) is 0 Å². The van der Waals surface area contributed by atoms with Gasteiger partial charge in [0.1, 0.15) is 67.1 Å². The van der Waals surface area contributed by atoms with Crippen LogP contribution in [-0.2, 0) is 37.9 Å². The van der Waals surface area contributed by atoms with Crippen LogP contribution in [0, 0.1) is 52.3 Å². The minimum Gasteiger partial charge on any atom is -0.394 e. The smallest absolute Gasteiger partial charge is 0.187 e. The molecule has 9 fully saturated rings. The van der Waals surface area contributed by atoms with E-state index in [4.69, 9.17) is 37.9 Å². The molecular weight excluding hydrogens is 828 g/mol. The maximum Gasteiger partial charge on any atom is 0.187 e. The van der Waals surface area contributed by atoms with E-state index in [2.05, 4.69) is 27.7 Å². The molecule has 5 heterocycles. The molecule has 0 radical (unpaired) electrons. The maximum absolute atomic E-state index is 12.1. The molecule has 18 nitrogen and oxygen atoms in total. The second kappa shape index (κ2) is 17.7. The van der Waals surface area contributed by atoms with E-state index in [-0.39, 0.29) is 22.9 Å². The molecule has 10 N–H and O–H groups in total. The third-order valence-corrected chi connectivity index (χ3v) is 18.3. The Balaban J connectivity index is 0.916. The first-order valence-electron chi connectivity index (χ1n) is 23.8. The largest absolute Gasteiger partial charge is 0.394 e. The molecule has 9 aliphatic rings. The molecule has 63 heavy (non-hydrogen) atoms. The standard InChI is InChI=1S/C45H74O18/c1-18-8-11-45(56-17-18)19(2)30-27(63-45)13-24-22-7-6-21-12-26(25(48)14-44(21,5)23(22)9-10-43(24,30)4)58-42-39(62-40-35(53)33(51)31(49)20(3)57-40)37(55)38(29(16-47)60-42)61-41-36(54)34(52)32(50)28(15-46)59-41/h18-42,46-55H,6-17H2,1-5H3/t18-,19-,20-,21-,22+,23-,24-,25+,26+,27-,28+,29+,30-,31-,32+,33+,34-,35+,36+,37-,38-,39+,40-,41-,42+,43-,44-,45+/m0/s1. The summed E-state index contributed by atoms with van der Waals surface area (Å²) in [5.74, 6) is 2.45. The van der Waals surface area contributed by atoms with Gasteiger partial charge in [-0.15, -0.1) is 0 Å². The second-order valence-electron chi connectivity index (χ2n) is 21.7. The Kier molecular flexibility index (Phi) is 13.3. The van der Waals surface area contributed by atoms with Gasteiger partial charge in [0, 0.05) is 12.3 Å². The first kappa shape index (κ1) is 47.4. The molecular formula is C45H74O18. The molecule has 5 saturated heterocycles. The number of hydrogen-bond acceptors (Lipinski definition) is 18. The summed E-state index contributed by atoms with van der Waals surface area (Å²) in [6, 6.07) is 0. The highest BCUT2D eigenvalue weighted by Crippen LogP contribution is 2.71. The minimum absolute atomic E-state index is 0.145. The summed E-state index contributed by atoms with van der Waals surface area (Å²) in [5, 5.41) is 108. The van der Waals surface area contributed by atoms with Crippen LogP contribution in [0.15, 0.2) is 0 Å². The number of aliphatic hydroxyl groups excluding tert-OH is 10. The molecule has 18 heteroatoms. The molecule has 0 aromatic heterocycles. The lowest BCUT2D eigenvalue weighted by Crippen LogP contribution is -2.67. The number of rotatable bonds is 8. The van der Waals surface area contributed by atoms with Crippen LogP contribution in [0.5, 0.6) is 0 Å². The van der Waals surface area contributed by atoms with Crippen LogP contribution in [0.25, 0.3) is 0 Å². The fraction of sp³-hybridized carbons (Fsp3) is 1.00. The zero-order chi connectivity index (χ0) is 45.1. The van der Waals surface area contributed by atoms with Crippen LogP contribution in [0.4, 0.5) is 0 Å². The molecule has 362 valence electrons. The van der Waals surface area contributed by atoms with Crippen molar-refractivity contribution in [1.29, 1.82) is 0 Å². The molecule has 4 saturated carbocycles. The zero-order valence-corrected chi connectivity index (χ0v) is 37.2. The molecule has 0 aromatic rings. The first-order valence-corrected chi connectivity index (χ1v) is 23.8. The highest BCUT2D eigenvalue weighted by Gasteiger charge is 2.69. The molecule has 0 bridgehead atoms. The topological polar surface area (TPSA) is 276 Å². The van der Waals surface area contributed by atoms with Gasteiger partial charge >= 0.3 is 0 Å². The highest BCUT2D eigenvalue weighted by atomic mass is 16.8. The van der Waals surface area contributed by atoms with Crippen LogP contribution < -0.4 is 0 Å². The Morgan fingerprint density at radius 1 is 0.603 bits per heavy atom. The lowest BCUT2D eigenvalue weighted by Gasteiger charge is -2.62. The van der Waals surface area contributed by atoms with Gasteiger partial charge in [-0.25, -0.2) is 0 Å². The zero-order valence-electron chi connectivity index (χ0n) is 37.2. The number of ether oxygens (including phenoxy) is 8. The fourth-order valence-electron chi connectivity index (χ4n) is 14.7. The van der Waals surface area contributed by atoms with Crippen LogP contribution in [0.1, 0.15) is 92.4 Å². The van der Waals surface area contributed by atoms with Gasteiger partial charge < -0.3 is 89.0 Å². The summed E-state index contributed by atoms with van der Waals surface area (Å²) in [6.07, 6.45) is -17.0. The van der Waals surface area contributed by atoms with Crippen molar-refractivity contribution in [2.75, 3.05) is 19.8 Å². The predicted molar refractivity (Wildman–Crippen MR) is 216 cm³/mol. The summed E-state index contributed by atoms with van der Waals surface area (Å²) >= 11 is 0. The van der Waals surface area contributed by atoms with E-state index in [1.165, 1.54) is 6.92 Å². The summed E-state index contributed by atoms with van der Waals surface area (Å²) in [5.41, 5.74) is -0.0296. The van der Waals surface area contributed by atoms with Gasteiger partial charge in [-0.05, 0) is 105 Å². The average Bonchev–Trinajstić information content (AvgIpc) is 3.70. The van der Waals surface area contributed by atoms with Crippen LogP contribution in [0.3, 0.4) is 0 Å². The van der Waals surface area contributed by atoms with Gasteiger partial charge in [-0.2, -0.15) is 0 Å². The van der Waals surface area contributed by atoms with Crippen molar-refractivity contribution in [2.45, 2.75) is 209 Å². The molecule has 9 rings (SSSR count). The molecule has 0 aromatic carbocycles. The van der Waals surface area contributed by atoms with E-state index < -0.39 is 123 Å². The van der Waals surface area contributed by atoms with Gasteiger partial charge in [-0.1, -0.05) is 27.7 Å². The van der Waals surface area contributed by atoms with Crippen molar-refractivity contribution in [3.05, 3.63) is 0 Å². The van der Waals surface area contributed by atoms with Gasteiger partial charge in [0.15, 0.2) is 24.7 Å². The predicted octanol–water partition coefficient (Wildman–Crippen LogP) is -0.735. The normalized spacial score (nSPS) is 59.4. The Labute approximate surface area is 369 Å². The van der Waals surface area contributed by atoms with Crippen molar-refractivity contribution in [3.8, 4) is 0 Å². The Morgan fingerprint density at radius 2 is 1.27 bits per heavy atom. The Morgan fingerprint density at radius 3 is 1.95 bits per heavy atom. The van der Waals surface area contributed by atoms with E-state index in [0.29, 0.717) is 48.3 Å². The average molecular weight is 903 g/mol. The van der Waals surface area contributed by atoms with Crippen molar-refractivity contribution >= 4 is 0 Å². The van der Waals surface area contributed by atoms with E-state index in [0.717, 1.165) is 51.6 Å². The van der Waals surface area contributed by atoms with Crippen LogP contribution in [-0.4, -0.2) is 187 Å². The first-order chi connectivity index (χ1) is 29.8. The summed E-state index contributed by atoms with van der Waals surface area (Å²) < 4.78 is 49.7. The quantitative estimate of drug-likeness (QED) is 0.134. The monoisotopic (exact) mass is 902 g/mol. The van der Waals surface area contributed by atoms with Gasteiger partial charge in [0.05, 0.1) is 44.2 Å². The number of fused-ring (bicyclic) bond motifs is 7. The molecule has 1 spiro atoms. The van der Waals surface area contributed by atoms with Crippen LogP contribution >= 0.6 is 0 Å². The third kappa shape index (κ3) is 7.79. The molecule has 5 aliphatic heterocycles. The molecule has 0 amide bonds. The lowest BCUT2D eigenvalue weighted by atomic mass is 9.44. The third-order valence-electron chi connectivity index (χ3n) is 18.3. The fourth-order valence-corrected chi connectivity index (χ4v) is 14.7. The second-order valence-corrected chi connectivity index (χ2v) is 21.7. The van der Waals surface area contributed by atoms with Crippen molar-refractivity contribution < 1.29 is 89.0 Å². The van der Waals surface area contributed by atoms with Crippen molar-refractivity contribution in [1.82, 2.24) is 0 Å². The molecule has 28 atom stereocenters. The lowest BCUT2D eigenvalue weighted by molar-refractivity contribution is -0.392. The summed E-state index contributed by atoms with van der Waals surface area (Å²) in [7, 11) is 0. The van der Waals surface area contributed by atoms with Crippen molar-refractivity contribution in [3.63, 3.8) is 0 Å². The van der Waals surface area contributed by atoms with Crippen LogP contribution in [0.2, 0.25) is 0 Å². The van der Waals surface area contributed by atoms with Gasteiger partial charge in [0.25, 0.3) is 0 Å². The van der Waals surface area contributed by atoms with E-state index in [1.54, 1.807) is 0 Å². The maximum atomic E-state index is 12.1. The Bertz CT molecular complexity index is 1580. The van der Waals surface area contributed by atoms with E-state index in [9.17, 15) is 51.1 Å². The van der Waals surface area contributed by atoms with E-state index >= 15 is 0 Å². The number of hydrogen-bond donors (Lipinski definition) is 10. The van der Waals surface area contributed by atoms with E-state index in [1.807, 2.05) is 0 Å². The molecule has 4 aliphatic carbocycles. The summed E-state index contributed by atoms with van der Waals surface area (Å²) in [6.45, 7) is 10.2. The highest BCUT2D eigenvalue weighted by molar-refractivity contribution is 5.16. The number of aliphatic hydroxyl groups is 10. The van der Waals surface area contributed by atoms with Gasteiger partial charge in [-0.3, -0.25) is 0 Å². The Hall–Kier alpha value is -0.720. The summed E-state index contributed by atoms with van der Waals surface area (Å²) in [4.78, 5) is 0. The SMILES string of the molecule is C[C@H]1CC[C@@]2(OC1)O[C@H]1C[C@H]3[C@@H]4CC[C@H]5C[C@@H](O[C@@H]6O[C@H](CO)[C@H](O[C@@H]7O[C@H](CO)[C@@H](O)[C@H](O)[C@H]7O)[C@H](O)[C@H]6O[C@@H]6O[C@@H](C)[C@H](O)[C@@H](O)[C@H]6O)[C@H](O)C[C@]5(C)[C@H]4CC[C@]3(C)[C@H]1[C@@H]2C.